The molecule has 6 aromatic carbocycles. The van der Waals surface area contributed by atoms with Gasteiger partial charge in [0.25, 0.3) is 0 Å². The van der Waals surface area contributed by atoms with Crippen LogP contribution in [0.1, 0.15) is 0 Å². The highest BCUT2D eigenvalue weighted by atomic mass is 32.1. The van der Waals surface area contributed by atoms with Gasteiger partial charge in [-0.3, -0.25) is 0 Å². The topological polar surface area (TPSA) is 0 Å². The van der Waals surface area contributed by atoms with Gasteiger partial charge in [0.05, 0.1) is 0 Å². The van der Waals surface area contributed by atoms with Crippen molar-refractivity contribution < 1.29 is 0 Å². The van der Waals surface area contributed by atoms with Gasteiger partial charge in [0.15, 0.2) is 0 Å². The third-order valence-corrected chi connectivity index (χ3v) is 7.76. The van der Waals surface area contributed by atoms with Crippen molar-refractivity contribution in [1.29, 1.82) is 0 Å². The number of rotatable bonds is 2. The van der Waals surface area contributed by atoms with Gasteiger partial charge in [-0.05, 0) is 67.4 Å². The number of hydrogen-bond acceptors (Lipinski definition) is 1. The van der Waals surface area contributed by atoms with Gasteiger partial charge in [0.1, 0.15) is 0 Å². The molecule has 1 heterocycles. The van der Waals surface area contributed by atoms with Crippen LogP contribution in [0.4, 0.5) is 0 Å². The minimum atomic E-state index is 1.29. The van der Waals surface area contributed by atoms with Crippen LogP contribution in [-0.4, -0.2) is 0 Å². The summed E-state index contributed by atoms with van der Waals surface area (Å²) < 4.78 is 0. The molecule has 7 rings (SSSR count). The largest absolute Gasteiger partial charge is 0.135 e. The zero-order valence-corrected chi connectivity index (χ0v) is 18.8. The van der Waals surface area contributed by atoms with Gasteiger partial charge in [-0.15, -0.1) is 11.3 Å². The first-order valence-electron chi connectivity index (χ1n) is 11.3. The molecule has 0 aliphatic heterocycles. The number of thiophene rings is 1. The Hall–Kier alpha value is -3.94. The first-order chi connectivity index (χ1) is 16.4. The monoisotopic (exact) mass is 436 g/mol. The van der Waals surface area contributed by atoms with E-state index >= 15 is 0 Å². The Labute approximate surface area is 196 Å². The van der Waals surface area contributed by atoms with Crippen molar-refractivity contribution in [3.05, 3.63) is 121 Å². The van der Waals surface area contributed by atoms with Gasteiger partial charge >= 0.3 is 0 Å². The third kappa shape index (κ3) is 2.90. The molecule has 7 aromatic rings. The van der Waals surface area contributed by atoms with E-state index in [1.54, 1.807) is 0 Å². The van der Waals surface area contributed by atoms with Crippen molar-refractivity contribution in [3.63, 3.8) is 0 Å². The molecule has 1 heteroatoms. The summed E-state index contributed by atoms with van der Waals surface area (Å²) in [4.78, 5) is 2.63. The fourth-order valence-corrected chi connectivity index (χ4v) is 6.32. The van der Waals surface area contributed by atoms with Crippen molar-refractivity contribution in [2.75, 3.05) is 0 Å². The van der Waals surface area contributed by atoms with E-state index in [1.807, 2.05) is 11.3 Å². The molecule has 0 unspecified atom stereocenters. The van der Waals surface area contributed by atoms with Crippen molar-refractivity contribution in [2.45, 2.75) is 0 Å². The maximum atomic E-state index is 2.31. The summed E-state index contributed by atoms with van der Waals surface area (Å²) in [7, 11) is 0. The minimum Gasteiger partial charge on any atom is -0.135 e. The second kappa shape index (κ2) is 7.30. The molecule has 0 spiro atoms. The van der Waals surface area contributed by atoms with Crippen LogP contribution >= 0.6 is 11.3 Å². The Kier molecular flexibility index (Phi) is 4.12. The van der Waals surface area contributed by atoms with Crippen LogP contribution in [-0.2, 0) is 0 Å². The molecule has 1 aromatic heterocycles. The van der Waals surface area contributed by atoms with Crippen LogP contribution in [0.5, 0.6) is 0 Å². The van der Waals surface area contributed by atoms with Gasteiger partial charge < -0.3 is 0 Å². The maximum absolute atomic E-state index is 2.31. The molecule has 0 N–H and O–H groups in total. The zero-order chi connectivity index (χ0) is 21.8. The van der Waals surface area contributed by atoms with Crippen LogP contribution < -0.4 is 0 Å². The van der Waals surface area contributed by atoms with Crippen molar-refractivity contribution in [1.82, 2.24) is 0 Å². The lowest BCUT2D eigenvalue weighted by Gasteiger charge is -2.11. The number of benzene rings is 6. The molecule has 0 saturated heterocycles. The summed E-state index contributed by atoms with van der Waals surface area (Å²) in [5.41, 5.74) is 2.67. The quantitative estimate of drug-likeness (QED) is 0.237. The fraction of sp³-hybridized carbons (Fsp3) is 0. The highest BCUT2D eigenvalue weighted by Crippen LogP contribution is 2.45. The fourth-order valence-electron chi connectivity index (χ4n) is 5.16. The van der Waals surface area contributed by atoms with E-state index < -0.39 is 0 Å². The molecule has 0 atom stereocenters. The standard InChI is InChI=1S/C32H20S/c1-5-13-25-21(9-1)19-22-10-2-6-14-26(22)31(25)29-17-18-30(33-29)32-27-15-7-3-11-23(27)20-24-12-4-8-16-28(24)32/h1-20H. The smallest absolute Gasteiger partial charge is 0.0361 e. The summed E-state index contributed by atoms with van der Waals surface area (Å²) in [6, 6.07) is 44.2. The first kappa shape index (κ1) is 18.6. The SMILES string of the molecule is c1ccc2c(-c3ccc(-c4c5ccccc5cc5ccccc45)s3)c3ccccc3cc2c1. The van der Waals surface area contributed by atoms with Crippen molar-refractivity contribution in [2.24, 2.45) is 0 Å². The summed E-state index contributed by atoms with van der Waals surface area (Å²) >= 11 is 1.90. The lowest BCUT2D eigenvalue weighted by Crippen LogP contribution is -1.83. The molecule has 0 saturated carbocycles. The zero-order valence-electron chi connectivity index (χ0n) is 18.0. The van der Waals surface area contributed by atoms with Crippen LogP contribution in [0.3, 0.4) is 0 Å². The predicted octanol–water partition coefficient (Wildman–Crippen LogP) is 9.69. The summed E-state index contributed by atoms with van der Waals surface area (Å²) in [6.45, 7) is 0. The second-order valence-electron chi connectivity index (χ2n) is 8.55. The molecule has 0 aliphatic rings. The van der Waals surface area contributed by atoms with Crippen molar-refractivity contribution >= 4 is 54.4 Å². The average molecular weight is 437 g/mol. The van der Waals surface area contributed by atoms with Gasteiger partial charge in [0, 0.05) is 20.9 Å². The Morgan fingerprint density at radius 1 is 0.333 bits per heavy atom. The Bertz CT molecular complexity index is 1580. The highest BCUT2D eigenvalue weighted by molar-refractivity contribution is 7.19. The van der Waals surface area contributed by atoms with Crippen LogP contribution in [0.2, 0.25) is 0 Å². The van der Waals surface area contributed by atoms with E-state index in [4.69, 9.17) is 0 Å². The molecule has 0 nitrogen and oxygen atoms in total. The summed E-state index contributed by atoms with van der Waals surface area (Å²) in [6.07, 6.45) is 0. The number of hydrogen-bond donors (Lipinski definition) is 0. The second-order valence-corrected chi connectivity index (χ2v) is 9.64. The van der Waals surface area contributed by atoms with E-state index in [9.17, 15) is 0 Å². The van der Waals surface area contributed by atoms with Crippen LogP contribution in [0.15, 0.2) is 121 Å². The molecular formula is C32H20S. The Morgan fingerprint density at radius 3 is 0.970 bits per heavy atom. The normalized spacial score (nSPS) is 11.6. The van der Waals surface area contributed by atoms with Crippen LogP contribution in [0.25, 0.3) is 64.0 Å². The Morgan fingerprint density at radius 2 is 0.636 bits per heavy atom. The lowest BCUT2D eigenvalue weighted by molar-refractivity contribution is 1.75. The van der Waals surface area contributed by atoms with Gasteiger partial charge in [-0.2, -0.15) is 0 Å². The first-order valence-corrected chi connectivity index (χ1v) is 12.1. The predicted molar refractivity (Wildman–Crippen MR) is 145 cm³/mol. The molecule has 0 fully saturated rings. The number of fused-ring (bicyclic) bond motifs is 4. The van der Waals surface area contributed by atoms with Crippen molar-refractivity contribution in [3.8, 4) is 20.9 Å². The minimum absolute atomic E-state index is 1.29. The molecule has 0 bridgehead atoms. The van der Waals surface area contributed by atoms with Gasteiger partial charge in [-0.1, -0.05) is 97.1 Å². The molecule has 0 radical (unpaired) electrons. The third-order valence-electron chi connectivity index (χ3n) is 6.64. The summed E-state index contributed by atoms with van der Waals surface area (Å²) in [5, 5.41) is 10.4. The van der Waals surface area contributed by atoms with E-state index in [0.717, 1.165) is 0 Å². The van der Waals surface area contributed by atoms with E-state index in [0.29, 0.717) is 0 Å². The van der Waals surface area contributed by atoms with E-state index in [2.05, 4.69) is 121 Å². The molecule has 33 heavy (non-hydrogen) atoms. The van der Waals surface area contributed by atoms with E-state index in [1.165, 1.54) is 64.0 Å². The van der Waals surface area contributed by atoms with Gasteiger partial charge in [0.2, 0.25) is 0 Å². The van der Waals surface area contributed by atoms with Gasteiger partial charge in [-0.25, -0.2) is 0 Å². The van der Waals surface area contributed by atoms with E-state index in [-0.39, 0.29) is 0 Å². The molecule has 0 aliphatic carbocycles. The highest BCUT2D eigenvalue weighted by Gasteiger charge is 2.15. The Balaban J connectivity index is 1.55. The molecular weight excluding hydrogens is 416 g/mol. The summed E-state index contributed by atoms with van der Waals surface area (Å²) in [5.74, 6) is 0. The maximum Gasteiger partial charge on any atom is 0.0361 e. The molecule has 154 valence electrons. The van der Waals surface area contributed by atoms with Crippen LogP contribution in [0, 0.1) is 0 Å². The lowest BCUT2D eigenvalue weighted by atomic mass is 9.95. The molecule has 0 amide bonds. The average Bonchev–Trinajstić information content (AvgIpc) is 3.35.